The molecule has 19 heavy (non-hydrogen) atoms. The Hall–Kier alpha value is -1.88. The van der Waals surface area contributed by atoms with E-state index < -0.39 is 5.97 Å². The first kappa shape index (κ1) is 13.5. The van der Waals surface area contributed by atoms with Gasteiger partial charge in [-0.1, -0.05) is 0 Å². The zero-order valence-electron chi connectivity index (χ0n) is 11.3. The number of nitrogens with zero attached hydrogens (tertiary/aromatic N) is 1. The highest BCUT2D eigenvalue weighted by Gasteiger charge is 2.19. The Bertz CT molecular complexity index is 646. The molecule has 1 N–H and O–H groups in total. The van der Waals surface area contributed by atoms with Gasteiger partial charge in [-0.15, -0.1) is 11.3 Å². The van der Waals surface area contributed by atoms with Crippen molar-refractivity contribution < 1.29 is 14.6 Å². The Morgan fingerprint density at radius 1 is 1.26 bits per heavy atom. The summed E-state index contributed by atoms with van der Waals surface area (Å²) in [6.45, 7) is 5.67. The zero-order valence-corrected chi connectivity index (χ0v) is 12.1. The van der Waals surface area contributed by atoms with Gasteiger partial charge in [-0.3, -0.25) is 0 Å². The fraction of sp³-hybridized carbons (Fsp3) is 0.286. The van der Waals surface area contributed by atoms with Gasteiger partial charge in [0, 0.05) is 5.56 Å². The molecule has 0 amide bonds. The molecule has 4 nitrogen and oxygen atoms in total. The lowest BCUT2D eigenvalue weighted by Gasteiger charge is -2.10. The molecule has 2 aromatic rings. The van der Waals surface area contributed by atoms with E-state index >= 15 is 0 Å². The molecule has 1 aromatic heterocycles. The van der Waals surface area contributed by atoms with E-state index in [9.17, 15) is 9.90 Å². The van der Waals surface area contributed by atoms with Crippen molar-refractivity contribution in [3.05, 3.63) is 33.1 Å². The zero-order chi connectivity index (χ0) is 14.2. The van der Waals surface area contributed by atoms with Crippen LogP contribution in [0.15, 0.2) is 12.1 Å². The number of hydrogen-bond acceptors (Lipinski definition) is 4. The highest BCUT2D eigenvalue weighted by atomic mass is 32.1. The smallest absolute Gasteiger partial charge is 0.348 e. The molecule has 1 aromatic carbocycles. The van der Waals surface area contributed by atoms with Gasteiger partial charge in [-0.25, -0.2) is 9.78 Å². The van der Waals surface area contributed by atoms with Crippen LogP contribution in [0.5, 0.6) is 5.75 Å². The van der Waals surface area contributed by atoms with E-state index in [4.69, 9.17) is 4.74 Å². The summed E-state index contributed by atoms with van der Waals surface area (Å²) in [6, 6.07) is 3.83. The SMILES string of the molecule is COc1cc(C)c(-c2nc(C)sc2C(=O)O)cc1C. The van der Waals surface area contributed by atoms with Gasteiger partial charge in [0.15, 0.2) is 0 Å². The topological polar surface area (TPSA) is 59.4 Å². The lowest BCUT2D eigenvalue weighted by molar-refractivity contribution is 0.0702. The van der Waals surface area contributed by atoms with Crippen molar-refractivity contribution in [1.29, 1.82) is 0 Å². The molecular formula is C14H15NO3S. The van der Waals surface area contributed by atoms with E-state index in [1.54, 1.807) is 7.11 Å². The van der Waals surface area contributed by atoms with Crippen molar-refractivity contribution in [2.75, 3.05) is 7.11 Å². The summed E-state index contributed by atoms with van der Waals surface area (Å²) < 4.78 is 5.27. The first-order valence-electron chi connectivity index (χ1n) is 5.80. The molecule has 0 bridgehead atoms. The quantitative estimate of drug-likeness (QED) is 0.933. The third-order valence-electron chi connectivity index (χ3n) is 2.93. The van der Waals surface area contributed by atoms with Crippen molar-refractivity contribution in [2.24, 2.45) is 0 Å². The Kier molecular flexibility index (Phi) is 3.57. The number of aromatic carboxylic acids is 1. The predicted molar refractivity (Wildman–Crippen MR) is 75.3 cm³/mol. The molecule has 5 heteroatoms. The van der Waals surface area contributed by atoms with Crippen molar-refractivity contribution >= 4 is 17.3 Å². The van der Waals surface area contributed by atoms with Gasteiger partial charge in [0.2, 0.25) is 0 Å². The molecule has 2 rings (SSSR count). The fourth-order valence-corrected chi connectivity index (χ4v) is 2.79. The first-order valence-corrected chi connectivity index (χ1v) is 6.62. The molecule has 0 spiro atoms. The minimum Gasteiger partial charge on any atom is -0.496 e. The minimum absolute atomic E-state index is 0.283. The van der Waals surface area contributed by atoms with Gasteiger partial charge in [-0.05, 0) is 44.0 Å². The summed E-state index contributed by atoms with van der Waals surface area (Å²) in [7, 11) is 1.62. The van der Waals surface area contributed by atoms with E-state index in [-0.39, 0.29) is 4.88 Å². The van der Waals surface area contributed by atoms with Gasteiger partial charge in [0.1, 0.15) is 10.6 Å². The lowest BCUT2D eigenvalue weighted by Crippen LogP contribution is -1.98. The van der Waals surface area contributed by atoms with E-state index in [1.165, 1.54) is 11.3 Å². The van der Waals surface area contributed by atoms with Crippen LogP contribution in [0.2, 0.25) is 0 Å². The van der Waals surface area contributed by atoms with Gasteiger partial charge in [0.05, 0.1) is 17.8 Å². The van der Waals surface area contributed by atoms with Crippen LogP contribution in [-0.2, 0) is 0 Å². The number of hydrogen-bond donors (Lipinski definition) is 1. The van der Waals surface area contributed by atoms with Crippen LogP contribution in [0.1, 0.15) is 25.8 Å². The molecule has 0 atom stereocenters. The number of carbonyl (C=O) groups is 1. The molecule has 0 fully saturated rings. The molecule has 100 valence electrons. The van der Waals surface area contributed by atoms with Crippen molar-refractivity contribution in [2.45, 2.75) is 20.8 Å². The van der Waals surface area contributed by atoms with Crippen LogP contribution in [-0.4, -0.2) is 23.2 Å². The molecule has 0 saturated carbocycles. The number of carboxylic acids is 1. The number of benzene rings is 1. The van der Waals surface area contributed by atoms with Crippen LogP contribution in [0.4, 0.5) is 0 Å². The number of rotatable bonds is 3. The molecule has 1 heterocycles. The number of aromatic nitrogens is 1. The largest absolute Gasteiger partial charge is 0.496 e. The second-order valence-corrected chi connectivity index (χ2v) is 5.56. The van der Waals surface area contributed by atoms with Gasteiger partial charge >= 0.3 is 5.97 Å². The van der Waals surface area contributed by atoms with Crippen molar-refractivity contribution in [3.63, 3.8) is 0 Å². The van der Waals surface area contributed by atoms with Gasteiger partial charge in [0.25, 0.3) is 0 Å². The highest BCUT2D eigenvalue weighted by Crippen LogP contribution is 2.33. The van der Waals surface area contributed by atoms with Crippen molar-refractivity contribution in [3.8, 4) is 17.0 Å². The third kappa shape index (κ3) is 2.46. The van der Waals surface area contributed by atoms with Crippen LogP contribution in [0.3, 0.4) is 0 Å². The maximum Gasteiger partial charge on any atom is 0.348 e. The normalized spacial score (nSPS) is 10.5. The lowest BCUT2D eigenvalue weighted by atomic mass is 10.0. The summed E-state index contributed by atoms with van der Waals surface area (Å²) in [6.07, 6.45) is 0. The van der Waals surface area contributed by atoms with E-state index in [0.29, 0.717) is 5.69 Å². The van der Waals surface area contributed by atoms with Crippen LogP contribution in [0.25, 0.3) is 11.3 Å². The van der Waals surface area contributed by atoms with Gasteiger partial charge in [-0.2, -0.15) is 0 Å². The van der Waals surface area contributed by atoms with Crippen LogP contribution in [0, 0.1) is 20.8 Å². The number of thiazole rings is 1. The van der Waals surface area contributed by atoms with Crippen LogP contribution >= 0.6 is 11.3 Å². The van der Waals surface area contributed by atoms with Crippen LogP contribution < -0.4 is 4.74 Å². The molecule has 0 aliphatic heterocycles. The highest BCUT2D eigenvalue weighted by molar-refractivity contribution is 7.14. The van der Waals surface area contributed by atoms with Crippen molar-refractivity contribution in [1.82, 2.24) is 4.98 Å². The Labute approximate surface area is 115 Å². The van der Waals surface area contributed by atoms with Gasteiger partial charge < -0.3 is 9.84 Å². The summed E-state index contributed by atoms with van der Waals surface area (Å²) in [5.74, 6) is -0.140. The Morgan fingerprint density at radius 3 is 2.53 bits per heavy atom. The second kappa shape index (κ2) is 5.01. The summed E-state index contributed by atoms with van der Waals surface area (Å²) >= 11 is 1.20. The third-order valence-corrected chi connectivity index (χ3v) is 3.88. The molecular weight excluding hydrogens is 262 g/mol. The second-order valence-electron chi connectivity index (χ2n) is 4.35. The Morgan fingerprint density at radius 2 is 1.95 bits per heavy atom. The fourth-order valence-electron chi connectivity index (χ4n) is 2.02. The summed E-state index contributed by atoms with van der Waals surface area (Å²) in [5.41, 5.74) is 3.30. The first-order chi connectivity index (χ1) is 8.93. The standard InChI is InChI=1S/C14H15NO3S/c1-7-6-11(18-4)8(2)5-10(7)12-13(14(16)17)19-9(3)15-12/h5-6H,1-4H3,(H,16,17). The number of aryl methyl sites for hydroxylation is 3. The number of methoxy groups -OCH3 is 1. The number of ether oxygens (including phenoxy) is 1. The summed E-state index contributed by atoms with van der Waals surface area (Å²) in [4.78, 5) is 15.9. The van der Waals surface area contributed by atoms with E-state index in [2.05, 4.69) is 4.98 Å². The average Bonchev–Trinajstić information content (AvgIpc) is 2.73. The summed E-state index contributed by atoms with van der Waals surface area (Å²) in [5, 5.41) is 10.00. The molecule has 0 aliphatic carbocycles. The number of carboxylic acid groups (broad SMARTS) is 1. The Balaban J connectivity index is 2.65. The molecule has 0 unspecified atom stereocenters. The molecule has 0 aliphatic rings. The molecule has 0 radical (unpaired) electrons. The van der Waals surface area contributed by atoms with E-state index in [0.717, 1.165) is 27.4 Å². The minimum atomic E-state index is -0.937. The average molecular weight is 277 g/mol. The maximum atomic E-state index is 11.3. The predicted octanol–water partition coefficient (Wildman–Crippen LogP) is 3.44. The molecule has 0 saturated heterocycles. The monoisotopic (exact) mass is 277 g/mol. The maximum absolute atomic E-state index is 11.3. The van der Waals surface area contributed by atoms with E-state index in [1.807, 2.05) is 32.9 Å².